The molecule has 0 aromatic heterocycles. The minimum Gasteiger partial charge on any atom is -0.381 e. The van der Waals surface area contributed by atoms with Gasteiger partial charge in [-0.1, -0.05) is 38.5 Å². The summed E-state index contributed by atoms with van der Waals surface area (Å²) in [6.45, 7) is 7.59. The van der Waals surface area contributed by atoms with Crippen molar-refractivity contribution in [3.05, 3.63) is 29.8 Å². The van der Waals surface area contributed by atoms with Crippen LogP contribution in [0, 0.1) is 17.8 Å². The van der Waals surface area contributed by atoms with Gasteiger partial charge in [-0.25, -0.2) is 0 Å². The molecule has 2 saturated heterocycles. The molecule has 4 aliphatic rings. The summed E-state index contributed by atoms with van der Waals surface area (Å²) in [7, 11) is 0. The minimum atomic E-state index is 0. The molecule has 3 aliphatic heterocycles. The van der Waals surface area contributed by atoms with Crippen molar-refractivity contribution in [1.29, 1.82) is 0 Å². The van der Waals surface area contributed by atoms with Crippen molar-refractivity contribution in [1.82, 2.24) is 4.90 Å². The molecule has 1 aromatic carbocycles. The first kappa shape index (κ1) is 17.4. The van der Waals surface area contributed by atoms with E-state index in [0.717, 1.165) is 23.8 Å². The van der Waals surface area contributed by atoms with Crippen molar-refractivity contribution in [2.75, 3.05) is 18.4 Å². The van der Waals surface area contributed by atoms with Gasteiger partial charge in [-0.2, -0.15) is 0 Å². The van der Waals surface area contributed by atoms with Crippen LogP contribution in [0.15, 0.2) is 24.3 Å². The monoisotopic (exact) mass is 354 g/mol. The van der Waals surface area contributed by atoms with Crippen molar-refractivity contribution in [2.45, 2.75) is 50.6 Å². The van der Waals surface area contributed by atoms with E-state index in [1.807, 2.05) is 0 Å². The number of anilines is 1. The van der Waals surface area contributed by atoms with Crippen molar-refractivity contribution in [3.8, 4) is 0 Å². The highest BCUT2D eigenvalue weighted by atomic mass is 35.5. The summed E-state index contributed by atoms with van der Waals surface area (Å²) in [6, 6.07) is 10.6. The highest BCUT2D eigenvalue weighted by Crippen LogP contribution is 2.61. The summed E-state index contributed by atoms with van der Waals surface area (Å²) in [6.07, 6.45) is 4.15. The van der Waals surface area contributed by atoms with Gasteiger partial charge in [-0.05, 0) is 48.8 Å². The predicted molar refractivity (Wildman–Crippen MR) is 101 cm³/mol. The number of halogens is 2. The Morgan fingerprint density at radius 1 is 1.26 bits per heavy atom. The third-order valence-electron chi connectivity index (χ3n) is 7.44. The molecule has 1 saturated carbocycles. The van der Waals surface area contributed by atoms with Gasteiger partial charge in [0.15, 0.2) is 0 Å². The summed E-state index contributed by atoms with van der Waals surface area (Å²) in [5.74, 6) is 2.64. The number of benzene rings is 1. The molecule has 1 N–H and O–H groups in total. The maximum absolute atomic E-state index is 3.95. The number of piperidine rings is 1. The number of hydrogen-bond acceptors (Lipinski definition) is 2. The largest absolute Gasteiger partial charge is 0.381 e. The topological polar surface area (TPSA) is 15.3 Å². The van der Waals surface area contributed by atoms with Crippen molar-refractivity contribution >= 4 is 30.5 Å². The van der Waals surface area contributed by atoms with Gasteiger partial charge in [0.1, 0.15) is 0 Å². The summed E-state index contributed by atoms with van der Waals surface area (Å²) in [5, 5.41) is 3.95. The van der Waals surface area contributed by atoms with Crippen molar-refractivity contribution < 1.29 is 0 Å². The molecule has 1 aromatic rings. The Bertz CT molecular complexity index is 592. The van der Waals surface area contributed by atoms with Gasteiger partial charge >= 0.3 is 0 Å². The van der Waals surface area contributed by atoms with E-state index in [-0.39, 0.29) is 24.8 Å². The normalized spacial score (nSPS) is 42.8. The summed E-state index contributed by atoms with van der Waals surface area (Å²) < 4.78 is 0. The lowest BCUT2D eigenvalue weighted by Crippen LogP contribution is -2.63. The molecular formula is C19H28Cl2N2. The zero-order chi connectivity index (χ0) is 14.2. The van der Waals surface area contributed by atoms with Crippen molar-refractivity contribution in [2.24, 2.45) is 17.8 Å². The van der Waals surface area contributed by atoms with E-state index in [2.05, 4.69) is 48.3 Å². The molecule has 1 aliphatic carbocycles. The Labute approximate surface area is 152 Å². The van der Waals surface area contributed by atoms with Crippen LogP contribution in [0.4, 0.5) is 5.69 Å². The SMILES string of the molecule is CCC1CN2CCC34c5ccccc5NC3C(C)C1CC24.Cl.Cl. The second-order valence-electron chi connectivity index (χ2n) is 7.90. The second-order valence-corrected chi connectivity index (χ2v) is 7.90. The average molecular weight is 355 g/mol. The number of nitrogens with zero attached hydrogens (tertiary/aromatic N) is 1. The molecule has 3 heterocycles. The van der Waals surface area contributed by atoms with Gasteiger partial charge in [-0.3, -0.25) is 4.90 Å². The van der Waals surface area contributed by atoms with Gasteiger partial charge in [0.2, 0.25) is 0 Å². The fraction of sp³-hybridized carbons (Fsp3) is 0.684. The zero-order valence-electron chi connectivity index (χ0n) is 14.0. The van der Waals surface area contributed by atoms with Gasteiger partial charge in [-0.15, -0.1) is 24.8 Å². The molecule has 4 heteroatoms. The molecule has 23 heavy (non-hydrogen) atoms. The van der Waals surface area contributed by atoms with Crippen LogP contribution in [0.25, 0.3) is 0 Å². The summed E-state index contributed by atoms with van der Waals surface area (Å²) in [4.78, 5) is 2.84. The number of para-hydroxylation sites is 1. The van der Waals surface area contributed by atoms with Gasteiger partial charge in [0.05, 0.1) is 0 Å². The summed E-state index contributed by atoms with van der Waals surface area (Å²) >= 11 is 0. The molecule has 6 atom stereocenters. The Balaban J connectivity index is 0.000000781. The Kier molecular flexibility index (Phi) is 4.40. The van der Waals surface area contributed by atoms with Crippen LogP contribution in [0.1, 0.15) is 38.7 Å². The van der Waals surface area contributed by atoms with E-state index >= 15 is 0 Å². The number of nitrogens with one attached hydrogen (secondary N) is 1. The van der Waals surface area contributed by atoms with E-state index < -0.39 is 0 Å². The highest BCUT2D eigenvalue weighted by Gasteiger charge is 2.64. The van der Waals surface area contributed by atoms with E-state index in [9.17, 15) is 0 Å². The first-order valence-electron chi connectivity index (χ1n) is 8.86. The maximum Gasteiger partial charge on any atom is 0.0402 e. The van der Waals surface area contributed by atoms with Crippen LogP contribution in [-0.4, -0.2) is 30.1 Å². The quantitative estimate of drug-likeness (QED) is 0.807. The zero-order valence-corrected chi connectivity index (χ0v) is 15.6. The number of hydrogen-bond donors (Lipinski definition) is 1. The minimum absolute atomic E-state index is 0. The molecule has 1 spiro atoms. The average Bonchev–Trinajstić information content (AvgIpc) is 3.07. The number of rotatable bonds is 1. The van der Waals surface area contributed by atoms with Gasteiger partial charge in [0.25, 0.3) is 0 Å². The van der Waals surface area contributed by atoms with Crippen LogP contribution in [0.2, 0.25) is 0 Å². The lowest BCUT2D eigenvalue weighted by Gasteiger charge is -2.56. The van der Waals surface area contributed by atoms with Crippen LogP contribution in [0.5, 0.6) is 0 Å². The van der Waals surface area contributed by atoms with Crippen LogP contribution in [-0.2, 0) is 5.41 Å². The summed E-state index contributed by atoms with van der Waals surface area (Å²) in [5.41, 5.74) is 3.46. The third kappa shape index (κ3) is 1.98. The molecule has 3 fully saturated rings. The Morgan fingerprint density at radius 3 is 2.83 bits per heavy atom. The molecule has 128 valence electrons. The Morgan fingerprint density at radius 2 is 2.04 bits per heavy atom. The third-order valence-corrected chi connectivity index (χ3v) is 7.44. The first-order chi connectivity index (χ1) is 10.3. The highest BCUT2D eigenvalue weighted by molar-refractivity contribution is 5.85. The number of fused-ring (bicyclic) bond motifs is 2. The molecule has 0 radical (unpaired) electrons. The van der Waals surface area contributed by atoms with Crippen LogP contribution < -0.4 is 5.32 Å². The first-order valence-corrected chi connectivity index (χ1v) is 8.86. The lowest BCUT2D eigenvalue weighted by molar-refractivity contribution is -0.0128. The fourth-order valence-corrected chi connectivity index (χ4v) is 6.52. The molecule has 0 amide bonds. The van der Waals surface area contributed by atoms with Gasteiger partial charge < -0.3 is 5.32 Å². The standard InChI is InChI=1S/C19H26N2.2ClH/c1-3-13-11-21-9-8-19-15-6-4-5-7-16(15)20-18(19)12(2)14(13)10-17(19)21;;/h4-7,12-14,17-18,20H,3,8-11H2,1-2H3;2*1H. The lowest BCUT2D eigenvalue weighted by atomic mass is 9.55. The van der Waals surface area contributed by atoms with E-state index in [1.165, 1.54) is 38.0 Å². The van der Waals surface area contributed by atoms with E-state index in [1.54, 1.807) is 5.56 Å². The molecule has 2 nitrogen and oxygen atoms in total. The maximum atomic E-state index is 3.95. The second kappa shape index (κ2) is 5.82. The molecule has 6 unspecified atom stereocenters. The van der Waals surface area contributed by atoms with E-state index in [4.69, 9.17) is 0 Å². The molecular weight excluding hydrogens is 327 g/mol. The fourth-order valence-electron chi connectivity index (χ4n) is 6.52. The Hall–Kier alpha value is -0.440. The van der Waals surface area contributed by atoms with E-state index in [0.29, 0.717) is 11.5 Å². The van der Waals surface area contributed by atoms with Gasteiger partial charge in [0, 0.05) is 29.7 Å². The van der Waals surface area contributed by atoms with Crippen LogP contribution in [0.3, 0.4) is 0 Å². The molecule has 2 bridgehead atoms. The van der Waals surface area contributed by atoms with Crippen LogP contribution >= 0.6 is 24.8 Å². The smallest absolute Gasteiger partial charge is 0.0402 e. The van der Waals surface area contributed by atoms with Crippen molar-refractivity contribution in [3.63, 3.8) is 0 Å². The molecule has 5 rings (SSSR count). The predicted octanol–water partition coefficient (Wildman–Crippen LogP) is 4.33.